The van der Waals surface area contributed by atoms with Crippen LogP contribution in [-0.2, 0) is 0 Å². The summed E-state index contributed by atoms with van der Waals surface area (Å²) in [6.45, 7) is 0. The Morgan fingerprint density at radius 2 is 1.71 bits per heavy atom. The summed E-state index contributed by atoms with van der Waals surface area (Å²) in [4.78, 5) is 0. The molecular formula is C13H9ClF2O. The number of hydrogen-bond donors (Lipinski definition) is 1. The summed E-state index contributed by atoms with van der Waals surface area (Å²) >= 11 is 5.62. The van der Waals surface area contributed by atoms with Gasteiger partial charge in [-0.2, -0.15) is 0 Å². The van der Waals surface area contributed by atoms with Gasteiger partial charge in [0.25, 0.3) is 0 Å². The lowest BCUT2D eigenvalue weighted by atomic mass is 10.0. The molecule has 0 radical (unpaired) electrons. The monoisotopic (exact) mass is 254 g/mol. The SMILES string of the molecule is OC(c1cccc(F)c1)c1ccc(F)c(Cl)c1. The standard InChI is InChI=1S/C13H9ClF2O/c14-11-7-9(4-5-12(11)16)13(17)8-2-1-3-10(15)6-8/h1-7,13,17H. The van der Waals surface area contributed by atoms with E-state index in [0.717, 1.165) is 0 Å². The molecule has 0 spiro atoms. The maximum absolute atomic E-state index is 13.0. The van der Waals surface area contributed by atoms with E-state index in [-0.39, 0.29) is 5.02 Å². The highest BCUT2D eigenvalue weighted by Crippen LogP contribution is 2.26. The summed E-state index contributed by atoms with van der Waals surface area (Å²) < 4.78 is 25.9. The third kappa shape index (κ3) is 2.62. The van der Waals surface area contributed by atoms with Gasteiger partial charge in [0.15, 0.2) is 0 Å². The Morgan fingerprint density at radius 1 is 1.00 bits per heavy atom. The molecule has 88 valence electrons. The second-order valence-corrected chi connectivity index (χ2v) is 4.04. The summed E-state index contributed by atoms with van der Waals surface area (Å²) in [5.74, 6) is -0.989. The first-order valence-electron chi connectivity index (χ1n) is 4.96. The summed E-state index contributed by atoms with van der Waals surface area (Å²) in [5.41, 5.74) is 0.815. The molecule has 0 saturated carbocycles. The van der Waals surface area contributed by atoms with E-state index >= 15 is 0 Å². The Labute approximate surface area is 102 Å². The minimum Gasteiger partial charge on any atom is -0.384 e. The van der Waals surface area contributed by atoms with Gasteiger partial charge in [-0.1, -0.05) is 29.8 Å². The molecule has 0 fully saturated rings. The van der Waals surface area contributed by atoms with E-state index < -0.39 is 17.7 Å². The Bertz CT molecular complexity index is 543. The molecule has 2 rings (SSSR count). The van der Waals surface area contributed by atoms with Crippen LogP contribution in [0.25, 0.3) is 0 Å². The average Bonchev–Trinajstić information content (AvgIpc) is 2.32. The largest absolute Gasteiger partial charge is 0.384 e. The van der Waals surface area contributed by atoms with Gasteiger partial charge in [-0.3, -0.25) is 0 Å². The molecule has 0 aliphatic rings. The lowest BCUT2D eigenvalue weighted by Crippen LogP contribution is -2.00. The molecule has 2 aromatic rings. The van der Waals surface area contributed by atoms with Crippen LogP contribution < -0.4 is 0 Å². The molecule has 1 nitrogen and oxygen atoms in total. The minimum absolute atomic E-state index is 0.0713. The van der Waals surface area contributed by atoms with Crippen LogP contribution in [0.3, 0.4) is 0 Å². The van der Waals surface area contributed by atoms with Gasteiger partial charge in [0.2, 0.25) is 0 Å². The first kappa shape index (κ1) is 12.0. The highest BCUT2D eigenvalue weighted by atomic mass is 35.5. The number of benzene rings is 2. The van der Waals surface area contributed by atoms with E-state index in [0.29, 0.717) is 11.1 Å². The fourth-order valence-corrected chi connectivity index (χ4v) is 1.74. The van der Waals surface area contributed by atoms with E-state index in [1.165, 1.54) is 36.4 Å². The lowest BCUT2D eigenvalue weighted by Gasteiger charge is -2.12. The van der Waals surface area contributed by atoms with Crippen molar-refractivity contribution in [1.82, 2.24) is 0 Å². The summed E-state index contributed by atoms with van der Waals surface area (Å²) in [7, 11) is 0. The topological polar surface area (TPSA) is 20.2 Å². The first-order chi connectivity index (χ1) is 8.08. The first-order valence-corrected chi connectivity index (χ1v) is 5.34. The maximum Gasteiger partial charge on any atom is 0.141 e. The average molecular weight is 255 g/mol. The van der Waals surface area contributed by atoms with Gasteiger partial charge in [-0.05, 0) is 35.4 Å². The van der Waals surface area contributed by atoms with Crippen molar-refractivity contribution in [2.45, 2.75) is 6.10 Å². The zero-order chi connectivity index (χ0) is 12.4. The predicted octanol–water partition coefficient (Wildman–Crippen LogP) is 3.70. The van der Waals surface area contributed by atoms with Crippen molar-refractivity contribution in [2.24, 2.45) is 0 Å². The van der Waals surface area contributed by atoms with E-state index in [9.17, 15) is 13.9 Å². The molecule has 0 heterocycles. The molecule has 4 heteroatoms. The van der Waals surface area contributed by atoms with Crippen molar-refractivity contribution in [3.63, 3.8) is 0 Å². The van der Waals surface area contributed by atoms with E-state index in [4.69, 9.17) is 11.6 Å². The smallest absolute Gasteiger partial charge is 0.141 e. The van der Waals surface area contributed by atoms with E-state index in [1.807, 2.05) is 0 Å². The van der Waals surface area contributed by atoms with Crippen molar-refractivity contribution < 1.29 is 13.9 Å². The van der Waals surface area contributed by atoms with Crippen LogP contribution in [0.2, 0.25) is 5.02 Å². The molecule has 17 heavy (non-hydrogen) atoms. The highest BCUT2D eigenvalue weighted by molar-refractivity contribution is 6.30. The second kappa shape index (κ2) is 4.82. The van der Waals surface area contributed by atoms with Crippen LogP contribution in [0.15, 0.2) is 42.5 Å². The van der Waals surface area contributed by atoms with Gasteiger partial charge in [-0.15, -0.1) is 0 Å². The number of halogens is 3. The molecule has 0 amide bonds. The molecule has 0 aliphatic heterocycles. The molecule has 2 aromatic carbocycles. The van der Waals surface area contributed by atoms with Gasteiger partial charge in [0.05, 0.1) is 5.02 Å². The minimum atomic E-state index is -1.02. The number of aliphatic hydroxyl groups is 1. The highest BCUT2D eigenvalue weighted by Gasteiger charge is 2.12. The Kier molecular flexibility index (Phi) is 3.41. The van der Waals surface area contributed by atoms with Gasteiger partial charge in [0.1, 0.15) is 17.7 Å². The van der Waals surface area contributed by atoms with Gasteiger partial charge >= 0.3 is 0 Å². The van der Waals surface area contributed by atoms with Crippen molar-refractivity contribution in [2.75, 3.05) is 0 Å². The fraction of sp³-hybridized carbons (Fsp3) is 0.0769. The van der Waals surface area contributed by atoms with Crippen molar-refractivity contribution in [1.29, 1.82) is 0 Å². The number of rotatable bonds is 2. The normalized spacial score (nSPS) is 12.5. The van der Waals surface area contributed by atoms with Crippen LogP contribution in [0, 0.1) is 11.6 Å². The van der Waals surface area contributed by atoms with Crippen molar-refractivity contribution in [3.05, 3.63) is 70.2 Å². The lowest BCUT2D eigenvalue weighted by molar-refractivity contribution is 0.219. The molecule has 1 unspecified atom stereocenters. The second-order valence-electron chi connectivity index (χ2n) is 3.63. The summed E-state index contributed by atoms with van der Waals surface area (Å²) in [6, 6.07) is 9.50. The van der Waals surface area contributed by atoms with Gasteiger partial charge in [0, 0.05) is 0 Å². The van der Waals surface area contributed by atoms with Crippen LogP contribution in [0.1, 0.15) is 17.2 Å². The summed E-state index contributed by atoms with van der Waals surface area (Å²) in [5, 5.41) is 9.91. The van der Waals surface area contributed by atoms with Gasteiger partial charge in [-0.25, -0.2) is 8.78 Å². The zero-order valence-electron chi connectivity index (χ0n) is 8.70. The number of aliphatic hydroxyl groups excluding tert-OH is 1. The van der Waals surface area contributed by atoms with Crippen molar-refractivity contribution in [3.8, 4) is 0 Å². The molecule has 1 N–H and O–H groups in total. The molecule has 0 bridgehead atoms. The zero-order valence-corrected chi connectivity index (χ0v) is 9.46. The van der Waals surface area contributed by atoms with Gasteiger partial charge < -0.3 is 5.11 Å². The third-order valence-corrected chi connectivity index (χ3v) is 2.71. The van der Waals surface area contributed by atoms with Crippen LogP contribution in [-0.4, -0.2) is 5.11 Å². The summed E-state index contributed by atoms with van der Waals surface area (Å²) in [6.07, 6.45) is -1.02. The predicted molar refractivity (Wildman–Crippen MR) is 61.9 cm³/mol. The maximum atomic E-state index is 13.0. The fourth-order valence-electron chi connectivity index (χ4n) is 1.55. The third-order valence-electron chi connectivity index (χ3n) is 2.42. The molecule has 0 saturated heterocycles. The Morgan fingerprint density at radius 3 is 2.35 bits per heavy atom. The molecule has 1 atom stereocenters. The van der Waals surface area contributed by atoms with E-state index in [1.54, 1.807) is 6.07 Å². The van der Waals surface area contributed by atoms with Crippen molar-refractivity contribution >= 4 is 11.6 Å². The quantitative estimate of drug-likeness (QED) is 0.866. The van der Waals surface area contributed by atoms with E-state index in [2.05, 4.69) is 0 Å². The van der Waals surface area contributed by atoms with Crippen LogP contribution in [0.5, 0.6) is 0 Å². The number of hydrogen-bond acceptors (Lipinski definition) is 1. The molecular weight excluding hydrogens is 246 g/mol. The van der Waals surface area contributed by atoms with Crippen LogP contribution in [0.4, 0.5) is 8.78 Å². The Balaban J connectivity index is 2.36. The molecule has 0 aromatic heterocycles. The van der Waals surface area contributed by atoms with Crippen LogP contribution >= 0.6 is 11.6 Å². The Hall–Kier alpha value is -1.45. The molecule has 0 aliphatic carbocycles.